The lowest BCUT2D eigenvalue weighted by atomic mass is 10.2. The van der Waals surface area contributed by atoms with E-state index in [0.29, 0.717) is 6.04 Å². The highest BCUT2D eigenvalue weighted by Crippen LogP contribution is 2.27. The summed E-state index contributed by atoms with van der Waals surface area (Å²) in [4.78, 5) is 4.25. The van der Waals surface area contributed by atoms with Gasteiger partial charge in [-0.15, -0.1) is 0 Å². The van der Waals surface area contributed by atoms with Gasteiger partial charge in [0.25, 0.3) is 0 Å². The Morgan fingerprint density at radius 3 is 3.44 bits per heavy atom. The molecule has 2 aliphatic heterocycles. The maximum atomic E-state index is 5.34. The number of aliphatic imine (C=N–C) groups is 1. The Hall–Kier alpha value is -0.790. The third kappa shape index (κ3) is 0.590. The van der Waals surface area contributed by atoms with Crippen molar-refractivity contribution in [2.45, 2.75) is 19.4 Å². The van der Waals surface area contributed by atoms with E-state index in [9.17, 15) is 0 Å². The first-order valence-corrected chi connectivity index (χ1v) is 3.24. The van der Waals surface area contributed by atoms with E-state index in [-0.39, 0.29) is 0 Å². The zero-order chi connectivity index (χ0) is 6.27. The molecule has 0 aromatic rings. The van der Waals surface area contributed by atoms with Gasteiger partial charge < -0.3 is 4.74 Å². The monoisotopic (exact) mass is 123 g/mol. The van der Waals surface area contributed by atoms with Gasteiger partial charge in [0.05, 0.1) is 6.61 Å². The molecule has 0 spiro atoms. The topological polar surface area (TPSA) is 21.6 Å². The van der Waals surface area contributed by atoms with E-state index in [1.165, 1.54) is 5.57 Å². The van der Waals surface area contributed by atoms with Gasteiger partial charge in [0, 0.05) is 18.2 Å². The molecule has 2 heteroatoms. The van der Waals surface area contributed by atoms with Crippen LogP contribution in [-0.4, -0.2) is 18.9 Å². The van der Waals surface area contributed by atoms with Crippen molar-refractivity contribution in [3.05, 3.63) is 11.3 Å². The predicted octanol–water partition coefficient (Wildman–Crippen LogP) is 1.13. The van der Waals surface area contributed by atoms with E-state index < -0.39 is 0 Å². The minimum absolute atomic E-state index is 0.380. The highest BCUT2D eigenvalue weighted by molar-refractivity contribution is 5.82. The molecule has 1 saturated heterocycles. The number of nitrogens with zero attached hydrogens (tertiary/aromatic N) is 1. The van der Waals surface area contributed by atoms with Gasteiger partial charge in [0.2, 0.25) is 0 Å². The van der Waals surface area contributed by atoms with Crippen molar-refractivity contribution in [1.29, 1.82) is 0 Å². The average molecular weight is 123 g/mol. The molecule has 1 unspecified atom stereocenters. The SMILES string of the molecule is CC1=C2OCCC2N=C1. The Balaban J connectivity index is 2.36. The van der Waals surface area contributed by atoms with Crippen LogP contribution >= 0.6 is 0 Å². The molecule has 48 valence electrons. The van der Waals surface area contributed by atoms with Crippen molar-refractivity contribution in [2.75, 3.05) is 6.61 Å². The van der Waals surface area contributed by atoms with Crippen LogP contribution in [0.4, 0.5) is 0 Å². The van der Waals surface area contributed by atoms with Crippen LogP contribution in [0.15, 0.2) is 16.3 Å². The van der Waals surface area contributed by atoms with Gasteiger partial charge in [-0.1, -0.05) is 0 Å². The minimum atomic E-state index is 0.380. The lowest BCUT2D eigenvalue weighted by Crippen LogP contribution is -1.95. The Kier molecular flexibility index (Phi) is 0.891. The summed E-state index contributed by atoms with van der Waals surface area (Å²) in [6.07, 6.45) is 2.97. The van der Waals surface area contributed by atoms with Gasteiger partial charge in [-0.2, -0.15) is 0 Å². The Morgan fingerprint density at radius 2 is 2.67 bits per heavy atom. The van der Waals surface area contributed by atoms with Crippen LogP contribution in [0.25, 0.3) is 0 Å². The van der Waals surface area contributed by atoms with Crippen LogP contribution in [-0.2, 0) is 4.74 Å². The summed E-state index contributed by atoms with van der Waals surface area (Å²) in [5.74, 6) is 1.11. The van der Waals surface area contributed by atoms with Crippen molar-refractivity contribution >= 4 is 6.21 Å². The lowest BCUT2D eigenvalue weighted by Gasteiger charge is -1.97. The maximum absolute atomic E-state index is 5.34. The van der Waals surface area contributed by atoms with Crippen LogP contribution in [0.5, 0.6) is 0 Å². The molecule has 0 aromatic carbocycles. The molecule has 2 heterocycles. The highest BCUT2D eigenvalue weighted by atomic mass is 16.5. The average Bonchev–Trinajstić information content (AvgIpc) is 2.35. The largest absolute Gasteiger partial charge is 0.495 e. The van der Waals surface area contributed by atoms with E-state index in [1.54, 1.807) is 0 Å². The number of fused-ring (bicyclic) bond motifs is 1. The molecular formula is C7H9NO. The van der Waals surface area contributed by atoms with Crippen LogP contribution in [0, 0.1) is 0 Å². The van der Waals surface area contributed by atoms with Crippen LogP contribution in [0.2, 0.25) is 0 Å². The Labute approximate surface area is 54.2 Å². The fourth-order valence-corrected chi connectivity index (χ4v) is 1.29. The standard InChI is InChI=1S/C7H9NO/c1-5-4-8-6-2-3-9-7(5)6/h4,6H,2-3H2,1H3. The molecule has 0 amide bonds. The molecule has 0 aromatic heterocycles. The third-order valence-electron chi connectivity index (χ3n) is 1.79. The molecule has 9 heavy (non-hydrogen) atoms. The summed E-state index contributed by atoms with van der Waals surface area (Å²) in [5, 5.41) is 0. The smallest absolute Gasteiger partial charge is 0.125 e. The summed E-state index contributed by atoms with van der Waals surface area (Å²) < 4.78 is 5.34. The lowest BCUT2D eigenvalue weighted by molar-refractivity contribution is 0.261. The van der Waals surface area contributed by atoms with Gasteiger partial charge in [0.15, 0.2) is 0 Å². The normalized spacial score (nSPS) is 31.0. The molecule has 0 aliphatic carbocycles. The second-order valence-corrected chi connectivity index (χ2v) is 2.48. The second-order valence-electron chi connectivity index (χ2n) is 2.48. The Morgan fingerprint density at radius 1 is 1.78 bits per heavy atom. The van der Waals surface area contributed by atoms with Crippen LogP contribution in [0.1, 0.15) is 13.3 Å². The van der Waals surface area contributed by atoms with Crippen molar-refractivity contribution in [2.24, 2.45) is 4.99 Å². The molecule has 0 radical (unpaired) electrons. The van der Waals surface area contributed by atoms with Gasteiger partial charge in [-0.3, -0.25) is 4.99 Å². The van der Waals surface area contributed by atoms with Crippen molar-refractivity contribution < 1.29 is 4.74 Å². The van der Waals surface area contributed by atoms with Gasteiger partial charge >= 0.3 is 0 Å². The van der Waals surface area contributed by atoms with Gasteiger partial charge in [-0.05, 0) is 6.92 Å². The maximum Gasteiger partial charge on any atom is 0.125 e. The second kappa shape index (κ2) is 1.59. The van der Waals surface area contributed by atoms with E-state index >= 15 is 0 Å². The molecule has 0 bridgehead atoms. The van der Waals surface area contributed by atoms with E-state index in [0.717, 1.165) is 18.8 Å². The van der Waals surface area contributed by atoms with Crippen LogP contribution in [0.3, 0.4) is 0 Å². The van der Waals surface area contributed by atoms with Crippen LogP contribution < -0.4 is 0 Å². The summed E-state index contributed by atoms with van der Waals surface area (Å²) in [7, 11) is 0. The Bertz CT molecular complexity index is 193. The number of hydrogen-bond donors (Lipinski definition) is 0. The summed E-state index contributed by atoms with van der Waals surface area (Å²) in [5.41, 5.74) is 1.21. The first kappa shape index (κ1) is 5.03. The minimum Gasteiger partial charge on any atom is -0.495 e. The van der Waals surface area contributed by atoms with Gasteiger partial charge in [-0.25, -0.2) is 0 Å². The number of ether oxygens (including phenoxy) is 1. The molecule has 1 fully saturated rings. The first-order chi connectivity index (χ1) is 4.38. The molecule has 0 N–H and O–H groups in total. The van der Waals surface area contributed by atoms with E-state index in [2.05, 4.69) is 4.99 Å². The summed E-state index contributed by atoms with van der Waals surface area (Å²) >= 11 is 0. The van der Waals surface area contributed by atoms with Gasteiger partial charge in [0.1, 0.15) is 11.8 Å². The van der Waals surface area contributed by atoms with Crippen molar-refractivity contribution in [1.82, 2.24) is 0 Å². The molecule has 1 atom stereocenters. The predicted molar refractivity (Wildman–Crippen MR) is 35.5 cm³/mol. The first-order valence-electron chi connectivity index (χ1n) is 3.24. The summed E-state index contributed by atoms with van der Waals surface area (Å²) in [6.45, 7) is 2.90. The van der Waals surface area contributed by atoms with Crippen molar-refractivity contribution in [3.63, 3.8) is 0 Å². The molecule has 0 saturated carbocycles. The molecular weight excluding hydrogens is 114 g/mol. The summed E-state index contributed by atoms with van der Waals surface area (Å²) in [6, 6.07) is 0.380. The van der Waals surface area contributed by atoms with Crippen molar-refractivity contribution in [3.8, 4) is 0 Å². The zero-order valence-corrected chi connectivity index (χ0v) is 5.42. The quantitative estimate of drug-likeness (QED) is 0.473. The molecule has 2 aliphatic rings. The zero-order valence-electron chi connectivity index (χ0n) is 5.42. The fourth-order valence-electron chi connectivity index (χ4n) is 1.29. The third-order valence-corrected chi connectivity index (χ3v) is 1.79. The molecule has 2 nitrogen and oxygen atoms in total. The number of allylic oxidation sites excluding steroid dienone is 1. The van der Waals surface area contributed by atoms with E-state index in [1.807, 2.05) is 13.1 Å². The fraction of sp³-hybridized carbons (Fsp3) is 0.571. The van der Waals surface area contributed by atoms with E-state index in [4.69, 9.17) is 4.74 Å². The number of rotatable bonds is 0. The number of hydrogen-bond acceptors (Lipinski definition) is 2. The highest BCUT2D eigenvalue weighted by Gasteiger charge is 2.26. The molecule has 2 rings (SSSR count).